The van der Waals surface area contributed by atoms with Gasteiger partial charge >= 0.3 is 5.97 Å². The molecular formula is C15H20BrNO3. The molecule has 1 fully saturated rings. The van der Waals surface area contributed by atoms with Crippen molar-refractivity contribution in [2.75, 3.05) is 19.7 Å². The topological polar surface area (TPSA) is 49.8 Å². The highest BCUT2D eigenvalue weighted by atomic mass is 79.9. The number of carboxylic acid groups (broad SMARTS) is 1. The number of carboxylic acids is 1. The van der Waals surface area contributed by atoms with Gasteiger partial charge in [0.25, 0.3) is 0 Å². The molecule has 0 spiro atoms. The van der Waals surface area contributed by atoms with Crippen molar-refractivity contribution in [1.29, 1.82) is 0 Å². The van der Waals surface area contributed by atoms with Crippen molar-refractivity contribution in [1.82, 2.24) is 4.90 Å². The molecule has 1 heterocycles. The predicted octanol–water partition coefficient (Wildman–Crippen LogP) is 2.82. The second kappa shape index (κ2) is 7.20. The molecule has 1 atom stereocenters. The highest BCUT2D eigenvalue weighted by Crippen LogP contribution is 2.21. The molecule has 0 radical (unpaired) electrons. The zero-order valence-corrected chi connectivity index (χ0v) is 13.2. The van der Waals surface area contributed by atoms with Crippen molar-refractivity contribution in [2.24, 2.45) is 0 Å². The molecular weight excluding hydrogens is 322 g/mol. The summed E-state index contributed by atoms with van der Waals surface area (Å²) in [7, 11) is 0. The van der Waals surface area contributed by atoms with Gasteiger partial charge in [-0.1, -0.05) is 28.1 Å². The first kappa shape index (κ1) is 15.5. The van der Waals surface area contributed by atoms with Gasteiger partial charge in [-0.3, -0.25) is 9.69 Å². The van der Waals surface area contributed by atoms with E-state index in [4.69, 9.17) is 9.84 Å². The number of aliphatic carboxylic acids is 1. The number of nitrogens with zero attached hydrogens (tertiary/aromatic N) is 1. The number of benzene rings is 1. The number of hydrogen-bond acceptors (Lipinski definition) is 3. The fraction of sp³-hybridized carbons (Fsp3) is 0.533. The average Bonchev–Trinajstić information content (AvgIpc) is 2.84. The number of hydrogen-bond donors (Lipinski definition) is 1. The third-order valence-corrected chi connectivity index (χ3v) is 4.19. The summed E-state index contributed by atoms with van der Waals surface area (Å²) in [6, 6.07) is 6.15. The maximum absolute atomic E-state index is 11.0. The fourth-order valence-electron chi connectivity index (χ4n) is 2.47. The Kier molecular flexibility index (Phi) is 5.57. The number of rotatable bonds is 6. The van der Waals surface area contributed by atoms with Gasteiger partial charge in [-0.05, 0) is 37.0 Å². The van der Waals surface area contributed by atoms with E-state index in [1.165, 1.54) is 5.56 Å². The Morgan fingerprint density at radius 1 is 1.55 bits per heavy atom. The van der Waals surface area contributed by atoms with Crippen molar-refractivity contribution in [2.45, 2.75) is 32.4 Å². The van der Waals surface area contributed by atoms with Crippen LogP contribution in [0.5, 0.6) is 0 Å². The first-order valence-corrected chi connectivity index (χ1v) is 7.64. The highest BCUT2D eigenvalue weighted by molar-refractivity contribution is 9.10. The van der Waals surface area contributed by atoms with Gasteiger partial charge in [0.15, 0.2) is 0 Å². The van der Waals surface area contributed by atoms with E-state index in [-0.39, 0.29) is 12.6 Å². The summed E-state index contributed by atoms with van der Waals surface area (Å²) in [5, 5.41) is 9.06. The van der Waals surface area contributed by atoms with Gasteiger partial charge in [0, 0.05) is 24.2 Å². The number of aryl methyl sites for hydroxylation is 1. The summed E-state index contributed by atoms with van der Waals surface area (Å²) in [5.74, 6) is -0.800. The van der Waals surface area contributed by atoms with Crippen LogP contribution < -0.4 is 0 Å². The van der Waals surface area contributed by atoms with Crippen LogP contribution in [0.15, 0.2) is 22.7 Å². The van der Waals surface area contributed by atoms with E-state index in [1.54, 1.807) is 0 Å². The zero-order chi connectivity index (χ0) is 14.5. The van der Waals surface area contributed by atoms with Crippen molar-refractivity contribution in [3.63, 3.8) is 0 Å². The highest BCUT2D eigenvalue weighted by Gasteiger charge is 2.21. The Bertz CT molecular complexity index is 472. The molecule has 4 nitrogen and oxygen atoms in total. The van der Waals surface area contributed by atoms with Crippen LogP contribution in [-0.4, -0.2) is 41.8 Å². The quantitative estimate of drug-likeness (QED) is 0.864. The molecule has 2 rings (SSSR count). The second-order valence-electron chi connectivity index (χ2n) is 5.29. The first-order valence-electron chi connectivity index (χ1n) is 6.85. The Morgan fingerprint density at radius 3 is 2.95 bits per heavy atom. The van der Waals surface area contributed by atoms with Gasteiger partial charge in [-0.15, -0.1) is 0 Å². The lowest BCUT2D eigenvalue weighted by molar-refractivity contribution is -0.138. The molecule has 5 heteroatoms. The van der Waals surface area contributed by atoms with Gasteiger partial charge in [-0.2, -0.15) is 0 Å². The molecule has 0 aliphatic carbocycles. The summed E-state index contributed by atoms with van der Waals surface area (Å²) in [5.41, 5.74) is 2.29. The maximum Gasteiger partial charge on any atom is 0.317 e. The molecule has 0 aromatic heterocycles. The van der Waals surface area contributed by atoms with Crippen LogP contribution in [0, 0.1) is 6.92 Å². The van der Waals surface area contributed by atoms with E-state index in [9.17, 15) is 4.79 Å². The molecule has 0 bridgehead atoms. The smallest absolute Gasteiger partial charge is 0.317 e. The molecule has 1 aromatic carbocycles. The second-order valence-corrected chi connectivity index (χ2v) is 6.15. The standard InChI is InChI=1S/C15H20BrNO3/c1-11-4-5-12(14(16)7-11)8-17(10-15(18)19)9-13-3-2-6-20-13/h4-5,7,13H,2-3,6,8-10H2,1H3,(H,18,19). The predicted molar refractivity (Wildman–Crippen MR) is 80.8 cm³/mol. The Morgan fingerprint density at radius 2 is 2.35 bits per heavy atom. The number of ether oxygens (including phenoxy) is 1. The molecule has 1 saturated heterocycles. The number of halogens is 1. The van der Waals surface area contributed by atoms with Crippen molar-refractivity contribution >= 4 is 21.9 Å². The van der Waals surface area contributed by atoms with Crippen LogP contribution >= 0.6 is 15.9 Å². The summed E-state index contributed by atoms with van der Waals surface area (Å²) < 4.78 is 6.63. The van der Waals surface area contributed by atoms with E-state index in [0.29, 0.717) is 13.1 Å². The summed E-state index contributed by atoms with van der Waals surface area (Å²) >= 11 is 3.55. The van der Waals surface area contributed by atoms with E-state index in [0.717, 1.165) is 29.5 Å². The van der Waals surface area contributed by atoms with Crippen LogP contribution in [0.25, 0.3) is 0 Å². The summed E-state index contributed by atoms with van der Waals surface area (Å²) in [6.07, 6.45) is 2.25. The minimum Gasteiger partial charge on any atom is -0.480 e. The zero-order valence-electron chi connectivity index (χ0n) is 11.6. The van der Waals surface area contributed by atoms with Gasteiger partial charge in [0.1, 0.15) is 0 Å². The first-order chi connectivity index (χ1) is 9.54. The van der Waals surface area contributed by atoms with Gasteiger partial charge < -0.3 is 9.84 Å². The van der Waals surface area contributed by atoms with Crippen LogP contribution in [-0.2, 0) is 16.1 Å². The van der Waals surface area contributed by atoms with Crippen LogP contribution in [0.1, 0.15) is 24.0 Å². The van der Waals surface area contributed by atoms with Crippen LogP contribution in [0.2, 0.25) is 0 Å². The molecule has 20 heavy (non-hydrogen) atoms. The largest absolute Gasteiger partial charge is 0.480 e. The van der Waals surface area contributed by atoms with Crippen molar-refractivity contribution in [3.8, 4) is 0 Å². The molecule has 0 saturated carbocycles. The number of carbonyl (C=O) groups is 1. The third-order valence-electron chi connectivity index (χ3n) is 3.45. The Hall–Kier alpha value is -0.910. The normalized spacial score (nSPS) is 18.6. The molecule has 0 amide bonds. The Labute approximate surface area is 127 Å². The summed E-state index contributed by atoms with van der Waals surface area (Å²) in [6.45, 7) is 4.16. The van der Waals surface area contributed by atoms with Gasteiger partial charge in [0.2, 0.25) is 0 Å². The minimum atomic E-state index is -0.800. The lowest BCUT2D eigenvalue weighted by Crippen LogP contribution is -2.35. The molecule has 1 aliphatic rings. The van der Waals surface area contributed by atoms with Crippen LogP contribution in [0.4, 0.5) is 0 Å². The monoisotopic (exact) mass is 341 g/mol. The van der Waals surface area contributed by atoms with E-state index < -0.39 is 5.97 Å². The van der Waals surface area contributed by atoms with E-state index >= 15 is 0 Å². The lowest BCUT2D eigenvalue weighted by Gasteiger charge is -2.24. The molecule has 1 unspecified atom stereocenters. The molecule has 1 N–H and O–H groups in total. The van der Waals surface area contributed by atoms with Gasteiger partial charge in [-0.25, -0.2) is 0 Å². The van der Waals surface area contributed by atoms with Gasteiger partial charge in [0.05, 0.1) is 12.6 Å². The molecule has 1 aliphatic heterocycles. The minimum absolute atomic E-state index is 0.0418. The maximum atomic E-state index is 11.0. The van der Waals surface area contributed by atoms with Crippen molar-refractivity contribution < 1.29 is 14.6 Å². The van der Waals surface area contributed by atoms with E-state index in [1.807, 2.05) is 24.0 Å². The summed E-state index contributed by atoms with van der Waals surface area (Å²) in [4.78, 5) is 13.0. The van der Waals surface area contributed by atoms with Crippen LogP contribution in [0.3, 0.4) is 0 Å². The third kappa shape index (κ3) is 4.58. The SMILES string of the molecule is Cc1ccc(CN(CC(=O)O)CC2CCCO2)c(Br)c1. The molecule has 1 aromatic rings. The lowest BCUT2D eigenvalue weighted by atomic mass is 10.1. The van der Waals surface area contributed by atoms with E-state index in [2.05, 4.69) is 22.0 Å². The average molecular weight is 342 g/mol. The molecule has 110 valence electrons. The van der Waals surface area contributed by atoms with Crippen molar-refractivity contribution in [3.05, 3.63) is 33.8 Å². The fourth-order valence-corrected chi connectivity index (χ4v) is 3.09. The Balaban J connectivity index is 2.03.